The van der Waals surface area contributed by atoms with Gasteiger partial charge in [-0.15, -0.1) is 6.58 Å². The SMILES string of the molecule is C=C[C@H]1C[N@+]2(Cc3cc(-c4ccccc4)c(OC(C)(C)C)c(-c4ccccc4)c3)CC[C@H]1C[C@@H]2[C@@H](Oc1nc(-c2ccccc2)nc(Cl)c1-c1ccccc1)c1ccnc2ccc(O)cc12. The molecule has 330 valence electrons. The van der Waals surface area contributed by atoms with Crippen molar-refractivity contribution in [3.8, 4) is 62.1 Å². The first-order valence-electron chi connectivity index (χ1n) is 22.9. The van der Waals surface area contributed by atoms with Gasteiger partial charge in [0.15, 0.2) is 11.9 Å². The number of rotatable bonds is 12. The Morgan fingerprint density at radius 3 is 1.98 bits per heavy atom. The van der Waals surface area contributed by atoms with Gasteiger partial charge in [-0.25, -0.2) is 4.98 Å². The van der Waals surface area contributed by atoms with Crippen molar-refractivity contribution in [2.24, 2.45) is 11.8 Å². The van der Waals surface area contributed by atoms with Gasteiger partial charge in [-0.05, 0) is 79.8 Å². The quantitative estimate of drug-likeness (QED) is 0.0748. The summed E-state index contributed by atoms with van der Waals surface area (Å²) >= 11 is 7.27. The molecule has 0 amide bonds. The molecule has 2 aromatic heterocycles. The molecule has 0 radical (unpaired) electrons. The van der Waals surface area contributed by atoms with Crippen LogP contribution in [-0.4, -0.2) is 49.3 Å². The average molecular weight is 891 g/mol. The summed E-state index contributed by atoms with van der Waals surface area (Å²) in [5.74, 6) is 2.64. The third-order valence-corrected chi connectivity index (χ3v) is 13.8. The molecule has 7 nitrogen and oxygen atoms in total. The molecule has 1 N–H and O–H groups in total. The number of piperidine rings is 3. The number of aromatic hydroxyl groups is 1. The van der Waals surface area contributed by atoms with E-state index < -0.39 is 11.7 Å². The first-order valence-corrected chi connectivity index (χ1v) is 23.3. The first-order chi connectivity index (χ1) is 32.1. The van der Waals surface area contributed by atoms with Gasteiger partial charge in [0.05, 0.1) is 24.2 Å². The third-order valence-electron chi connectivity index (χ3n) is 13.5. The summed E-state index contributed by atoms with van der Waals surface area (Å²) in [5.41, 5.74) is 9.10. The van der Waals surface area contributed by atoms with Crippen LogP contribution in [0.2, 0.25) is 5.15 Å². The Morgan fingerprint density at radius 1 is 0.773 bits per heavy atom. The van der Waals surface area contributed by atoms with E-state index in [0.717, 1.165) is 92.6 Å². The number of halogens is 1. The van der Waals surface area contributed by atoms with Crippen LogP contribution in [-0.2, 0) is 6.54 Å². The maximum atomic E-state index is 11.0. The number of fused-ring (bicyclic) bond motifs is 4. The number of phenols is 1. The Bertz CT molecular complexity index is 2960. The molecule has 0 saturated carbocycles. The molecule has 3 fully saturated rings. The maximum Gasteiger partial charge on any atom is 0.227 e. The molecule has 8 heteroatoms. The molecule has 3 aliphatic rings. The normalized spacial score (nSPS) is 19.6. The predicted octanol–water partition coefficient (Wildman–Crippen LogP) is 14.0. The van der Waals surface area contributed by atoms with E-state index in [9.17, 15) is 5.11 Å². The molecule has 0 spiro atoms. The van der Waals surface area contributed by atoms with E-state index in [1.807, 2.05) is 79.0 Å². The van der Waals surface area contributed by atoms with E-state index in [1.54, 1.807) is 6.07 Å². The summed E-state index contributed by atoms with van der Waals surface area (Å²) in [6.07, 6.45) is 5.43. The zero-order valence-electron chi connectivity index (χ0n) is 37.6. The van der Waals surface area contributed by atoms with Gasteiger partial charge in [-0.3, -0.25) is 4.98 Å². The first kappa shape index (κ1) is 43.1. The molecule has 66 heavy (non-hydrogen) atoms. The fourth-order valence-corrected chi connectivity index (χ4v) is 10.8. The Hall–Kier alpha value is -6.80. The largest absolute Gasteiger partial charge is 0.508 e. The van der Waals surface area contributed by atoms with E-state index in [-0.39, 0.29) is 11.8 Å². The van der Waals surface area contributed by atoms with E-state index in [1.165, 1.54) is 5.56 Å². The molecule has 0 unspecified atom stereocenters. The highest BCUT2D eigenvalue weighted by Gasteiger charge is 2.55. The summed E-state index contributed by atoms with van der Waals surface area (Å²) in [6.45, 7) is 13.3. The fraction of sp³-hybridized carbons (Fsp3) is 0.224. The van der Waals surface area contributed by atoms with Gasteiger partial charge < -0.3 is 19.1 Å². The third kappa shape index (κ3) is 8.57. The number of benzene rings is 6. The lowest BCUT2D eigenvalue weighted by molar-refractivity contribution is -0.984. The minimum Gasteiger partial charge on any atom is -0.508 e. The molecule has 0 aliphatic carbocycles. The number of quaternary nitrogens is 1. The Labute approximate surface area is 392 Å². The Balaban J connectivity index is 1.19. The van der Waals surface area contributed by atoms with Crippen molar-refractivity contribution in [2.45, 2.75) is 57.9 Å². The number of aromatic nitrogens is 3. The number of nitrogens with zero attached hydrogens (tertiary/aromatic N) is 4. The van der Waals surface area contributed by atoms with Crippen molar-refractivity contribution >= 4 is 22.5 Å². The van der Waals surface area contributed by atoms with Crippen molar-refractivity contribution < 1.29 is 19.1 Å². The molecule has 11 rings (SSSR count). The summed E-state index contributed by atoms with van der Waals surface area (Å²) in [4.78, 5) is 14.9. The van der Waals surface area contributed by atoms with Crippen molar-refractivity contribution in [3.63, 3.8) is 0 Å². The Morgan fingerprint density at radius 2 is 1.38 bits per heavy atom. The maximum absolute atomic E-state index is 11.0. The van der Waals surface area contributed by atoms with Crippen molar-refractivity contribution in [1.82, 2.24) is 15.0 Å². The zero-order valence-corrected chi connectivity index (χ0v) is 38.4. The van der Waals surface area contributed by atoms with Crippen LogP contribution >= 0.6 is 11.6 Å². The summed E-state index contributed by atoms with van der Waals surface area (Å²) < 4.78 is 15.4. The van der Waals surface area contributed by atoms with Gasteiger partial charge in [0.2, 0.25) is 5.88 Å². The van der Waals surface area contributed by atoms with Crippen molar-refractivity contribution in [1.29, 1.82) is 0 Å². The number of hydrogen-bond donors (Lipinski definition) is 1. The topological polar surface area (TPSA) is 77.4 Å². The second kappa shape index (κ2) is 17.9. The van der Waals surface area contributed by atoms with Crippen LogP contribution in [0, 0.1) is 11.8 Å². The highest BCUT2D eigenvalue weighted by atomic mass is 35.5. The van der Waals surface area contributed by atoms with Gasteiger partial charge >= 0.3 is 0 Å². The summed E-state index contributed by atoms with van der Waals surface area (Å²) in [5, 5.41) is 12.2. The van der Waals surface area contributed by atoms with Gasteiger partial charge in [-0.2, -0.15) is 4.98 Å². The minimum absolute atomic E-state index is 0.0590. The van der Waals surface area contributed by atoms with Gasteiger partial charge in [0.1, 0.15) is 34.8 Å². The van der Waals surface area contributed by atoms with Crippen LogP contribution in [0.4, 0.5) is 0 Å². The zero-order chi connectivity index (χ0) is 45.4. The predicted molar refractivity (Wildman–Crippen MR) is 266 cm³/mol. The number of phenolic OH excluding ortho intramolecular Hbond substituents is 1. The standard InChI is InChI=1S/C58H53ClN4O3/c1-5-39-37-63(36-38-32-47(40-18-10-6-11-19-40)53(66-58(2,3)4)48(33-38)41-20-12-7-13-21-41)31-29-44(39)34-51(63)54(46-28-30-60-50-27-26-45(64)35-49(46)50)65-57-52(42-22-14-8-15-23-42)55(59)61-56(62-57)43-24-16-9-17-25-43/h5-28,30,32-33,35,39,44,51,54H,1,29,31,34,36-37H2,2-4H3/p+1/t39-,44-,51+,54-,63+/m0/s1. The monoisotopic (exact) mass is 889 g/mol. The van der Waals surface area contributed by atoms with Crippen LogP contribution in [0.3, 0.4) is 0 Å². The van der Waals surface area contributed by atoms with E-state index in [0.29, 0.717) is 34.3 Å². The number of hydrogen-bond acceptors (Lipinski definition) is 6. The van der Waals surface area contributed by atoms with Crippen molar-refractivity contribution in [3.05, 3.63) is 193 Å². The highest BCUT2D eigenvalue weighted by molar-refractivity contribution is 6.32. The Kier molecular flexibility index (Phi) is 11.7. The molecular weight excluding hydrogens is 836 g/mol. The molecule has 2 bridgehead atoms. The molecule has 5 atom stereocenters. The number of pyridine rings is 1. The van der Waals surface area contributed by atoms with Crippen molar-refractivity contribution in [2.75, 3.05) is 13.1 Å². The molecule has 6 aromatic carbocycles. The summed E-state index contributed by atoms with van der Waals surface area (Å²) in [6, 6.07) is 53.2. The molecular formula is C58H54ClN4O3+. The summed E-state index contributed by atoms with van der Waals surface area (Å²) in [7, 11) is 0. The lowest BCUT2D eigenvalue weighted by atomic mass is 9.71. The van der Waals surface area contributed by atoms with Crippen LogP contribution in [0.15, 0.2) is 177 Å². The highest BCUT2D eigenvalue weighted by Crippen LogP contribution is 2.51. The van der Waals surface area contributed by atoms with Gasteiger partial charge in [0, 0.05) is 58.2 Å². The second-order valence-corrected chi connectivity index (χ2v) is 19.2. The molecule has 8 aromatic rings. The van der Waals surface area contributed by atoms with Crippen LogP contribution in [0.1, 0.15) is 50.8 Å². The fourth-order valence-electron chi connectivity index (χ4n) is 10.5. The molecule has 3 aliphatic heterocycles. The van der Waals surface area contributed by atoms with Gasteiger partial charge in [-0.1, -0.05) is 139 Å². The number of ether oxygens (including phenoxy) is 2. The van der Waals surface area contributed by atoms with E-state index in [2.05, 4.69) is 112 Å². The minimum atomic E-state index is -0.548. The molecule has 5 heterocycles. The lowest BCUT2D eigenvalue weighted by Crippen LogP contribution is -2.68. The van der Waals surface area contributed by atoms with E-state index in [4.69, 9.17) is 36.0 Å². The lowest BCUT2D eigenvalue weighted by Gasteiger charge is -2.58. The average Bonchev–Trinajstić information content (AvgIpc) is 3.34. The van der Waals surface area contributed by atoms with Crippen LogP contribution in [0.5, 0.6) is 17.4 Å². The van der Waals surface area contributed by atoms with E-state index >= 15 is 0 Å². The molecule has 3 saturated heterocycles. The second-order valence-electron chi connectivity index (χ2n) is 18.9. The smallest absolute Gasteiger partial charge is 0.227 e. The van der Waals surface area contributed by atoms with Crippen LogP contribution < -0.4 is 9.47 Å². The van der Waals surface area contributed by atoms with Gasteiger partial charge in [0.25, 0.3) is 0 Å². The van der Waals surface area contributed by atoms with Crippen LogP contribution in [0.25, 0.3) is 55.7 Å².